The molecule has 5 rings (SSSR count). The van der Waals surface area contributed by atoms with E-state index in [1.807, 2.05) is 18.2 Å². The highest BCUT2D eigenvalue weighted by Gasteiger charge is 2.17. The van der Waals surface area contributed by atoms with E-state index < -0.39 is 5.91 Å². The lowest BCUT2D eigenvalue weighted by Crippen LogP contribution is -2.33. The molecule has 2 heterocycles. The number of carbonyl (C=O) groups excluding carboxylic acids is 1. The van der Waals surface area contributed by atoms with Crippen LogP contribution < -0.4 is 10.6 Å². The number of rotatable bonds is 5. The Morgan fingerprint density at radius 1 is 1.00 bits per heavy atom. The number of carbonyl (C=O) groups is 1. The van der Waals surface area contributed by atoms with Crippen LogP contribution in [-0.2, 0) is 6.42 Å². The molecule has 0 aliphatic carbocycles. The van der Waals surface area contributed by atoms with E-state index in [2.05, 4.69) is 22.5 Å². The molecular formula is C27H19Cl2N3O4S. The van der Waals surface area contributed by atoms with E-state index in [9.17, 15) is 9.90 Å². The fourth-order valence-corrected chi connectivity index (χ4v) is 4.31. The summed E-state index contributed by atoms with van der Waals surface area (Å²) in [4.78, 5) is 17.1. The number of halogens is 2. The number of aromatic hydroxyl groups is 1. The Balaban J connectivity index is 1.26. The highest BCUT2D eigenvalue weighted by molar-refractivity contribution is 7.80. The molecule has 0 aliphatic rings. The fraction of sp³-hybridized carbons (Fsp3) is 0.0741. The summed E-state index contributed by atoms with van der Waals surface area (Å²) in [5, 5.41) is 17.0. The van der Waals surface area contributed by atoms with E-state index in [1.165, 1.54) is 12.1 Å². The molecule has 0 atom stereocenters. The minimum atomic E-state index is -0.555. The van der Waals surface area contributed by atoms with Gasteiger partial charge in [-0.2, -0.15) is 0 Å². The summed E-state index contributed by atoms with van der Waals surface area (Å²) in [6, 6.07) is 18.7. The zero-order valence-corrected chi connectivity index (χ0v) is 21.7. The molecule has 0 unspecified atom stereocenters. The Morgan fingerprint density at radius 2 is 1.84 bits per heavy atom. The molecule has 2 aromatic heterocycles. The lowest BCUT2D eigenvalue weighted by Gasteiger charge is -2.10. The molecule has 186 valence electrons. The number of phenols is 1. The van der Waals surface area contributed by atoms with Crippen LogP contribution in [0.1, 0.15) is 23.0 Å². The first-order valence-electron chi connectivity index (χ1n) is 11.2. The number of thiocarbonyl (C=S) groups is 1. The maximum absolute atomic E-state index is 12.6. The van der Waals surface area contributed by atoms with Crippen LogP contribution in [0.3, 0.4) is 0 Å². The minimum absolute atomic E-state index is 0.0184. The number of amides is 1. The quantitative estimate of drug-likeness (QED) is 0.195. The van der Waals surface area contributed by atoms with E-state index >= 15 is 0 Å². The number of benzene rings is 3. The molecule has 37 heavy (non-hydrogen) atoms. The van der Waals surface area contributed by atoms with Crippen molar-refractivity contribution < 1.29 is 18.7 Å². The third-order valence-electron chi connectivity index (χ3n) is 5.60. The molecule has 0 fully saturated rings. The Hall–Kier alpha value is -3.85. The van der Waals surface area contributed by atoms with E-state index in [0.717, 1.165) is 17.5 Å². The Bertz CT molecular complexity index is 1660. The third-order valence-corrected chi connectivity index (χ3v) is 6.37. The molecule has 0 saturated heterocycles. The molecule has 0 bridgehead atoms. The molecule has 3 aromatic carbocycles. The van der Waals surface area contributed by atoms with Crippen LogP contribution >= 0.6 is 35.4 Å². The van der Waals surface area contributed by atoms with Crippen LogP contribution in [0.25, 0.3) is 33.9 Å². The van der Waals surface area contributed by atoms with Crippen LogP contribution in [0.2, 0.25) is 10.0 Å². The van der Waals surface area contributed by atoms with E-state index in [1.54, 1.807) is 36.4 Å². The van der Waals surface area contributed by atoms with Gasteiger partial charge in [-0.05, 0) is 78.8 Å². The molecule has 0 spiro atoms. The van der Waals surface area contributed by atoms with Crippen molar-refractivity contribution in [2.45, 2.75) is 13.3 Å². The number of aromatic nitrogens is 1. The monoisotopic (exact) mass is 551 g/mol. The Morgan fingerprint density at radius 3 is 2.62 bits per heavy atom. The van der Waals surface area contributed by atoms with Crippen LogP contribution in [0.4, 0.5) is 5.69 Å². The first-order valence-corrected chi connectivity index (χ1v) is 12.4. The summed E-state index contributed by atoms with van der Waals surface area (Å²) in [7, 11) is 0. The summed E-state index contributed by atoms with van der Waals surface area (Å²) in [5.74, 6) is 0.116. The van der Waals surface area contributed by atoms with Gasteiger partial charge in [0.2, 0.25) is 5.89 Å². The smallest absolute Gasteiger partial charge is 0.293 e. The number of anilines is 1. The van der Waals surface area contributed by atoms with Crippen LogP contribution in [-0.4, -0.2) is 21.1 Å². The largest absolute Gasteiger partial charge is 0.507 e. The molecular weight excluding hydrogens is 533 g/mol. The van der Waals surface area contributed by atoms with Crippen molar-refractivity contribution in [3.05, 3.63) is 88.1 Å². The van der Waals surface area contributed by atoms with Crippen LogP contribution in [0, 0.1) is 0 Å². The topological polar surface area (TPSA) is 101 Å². The van der Waals surface area contributed by atoms with E-state index in [4.69, 9.17) is 44.3 Å². The maximum Gasteiger partial charge on any atom is 0.293 e. The maximum atomic E-state index is 12.6. The molecule has 10 heteroatoms. The lowest BCUT2D eigenvalue weighted by atomic mass is 10.1. The summed E-state index contributed by atoms with van der Waals surface area (Å²) in [6.45, 7) is 2.07. The third kappa shape index (κ3) is 5.32. The van der Waals surface area contributed by atoms with Crippen LogP contribution in [0.15, 0.2) is 75.6 Å². The predicted molar refractivity (Wildman–Crippen MR) is 148 cm³/mol. The first-order chi connectivity index (χ1) is 17.8. The molecule has 7 nitrogen and oxygen atoms in total. The Labute approximate surface area is 227 Å². The predicted octanol–water partition coefficient (Wildman–Crippen LogP) is 7.46. The summed E-state index contributed by atoms with van der Waals surface area (Å²) in [5.41, 5.74) is 3.95. The van der Waals surface area contributed by atoms with Gasteiger partial charge in [-0.15, -0.1) is 0 Å². The molecule has 5 aromatic rings. The van der Waals surface area contributed by atoms with E-state index in [0.29, 0.717) is 44.1 Å². The summed E-state index contributed by atoms with van der Waals surface area (Å²) in [6.07, 6.45) is 0.886. The van der Waals surface area contributed by atoms with Gasteiger partial charge in [-0.1, -0.05) is 36.2 Å². The standard InChI is InChI=1S/C27H19Cl2N3O4S/c1-2-14-3-8-23-20(11-14)31-26(36-23)17-6-5-16(13-21(17)33)30-27(37)32-25(34)24-10-9-22(35-24)18-12-15(28)4-7-19(18)29/h3-13,33H,2H2,1H3,(H2,30,32,34,37). The second kappa shape index (κ2) is 10.3. The van der Waals surface area contributed by atoms with Crippen molar-refractivity contribution in [3.63, 3.8) is 0 Å². The highest BCUT2D eigenvalue weighted by Crippen LogP contribution is 2.34. The molecule has 1 amide bonds. The van der Waals surface area contributed by atoms with Crippen molar-refractivity contribution in [1.29, 1.82) is 0 Å². The molecule has 0 saturated carbocycles. The van der Waals surface area contributed by atoms with Crippen molar-refractivity contribution in [2.24, 2.45) is 0 Å². The normalized spacial score (nSPS) is 11.0. The average molecular weight is 552 g/mol. The average Bonchev–Trinajstić information content (AvgIpc) is 3.52. The second-order valence-electron chi connectivity index (χ2n) is 8.10. The molecule has 0 radical (unpaired) electrons. The zero-order valence-electron chi connectivity index (χ0n) is 19.3. The number of hydrogen-bond acceptors (Lipinski definition) is 6. The number of aryl methyl sites for hydroxylation is 1. The van der Waals surface area contributed by atoms with Gasteiger partial charge >= 0.3 is 0 Å². The van der Waals surface area contributed by atoms with Crippen LogP contribution in [0.5, 0.6) is 5.75 Å². The van der Waals surface area contributed by atoms with Gasteiger partial charge in [0.15, 0.2) is 16.5 Å². The fourth-order valence-electron chi connectivity index (χ4n) is 3.72. The van der Waals surface area contributed by atoms with Crippen molar-refractivity contribution in [3.8, 4) is 28.5 Å². The molecule has 3 N–H and O–H groups in total. The molecule has 0 aliphatic heterocycles. The van der Waals surface area contributed by atoms with Crippen molar-refractivity contribution >= 4 is 63.2 Å². The highest BCUT2D eigenvalue weighted by atomic mass is 35.5. The number of nitrogens with zero attached hydrogens (tertiary/aromatic N) is 1. The number of furan rings is 1. The first kappa shape index (κ1) is 24.8. The second-order valence-corrected chi connectivity index (χ2v) is 9.35. The number of nitrogens with one attached hydrogen (secondary N) is 2. The zero-order chi connectivity index (χ0) is 26.1. The van der Waals surface area contributed by atoms with Gasteiger partial charge in [0.25, 0.3) is 5.91 Å². The number of phenolic OH excluding ortho intramolecular Hbond substituents is 1. The number of hydrogen-bond donors (Lipinski definition) is 3. The van der Waals surface area contributed by atoms with Gasteiger partial charge in [0.1, 0.15) is 17.0 Å². The lowest BCUT2D eigenvalue weighted by molar-refractivity contribution is 0.0951. The Kier molecular flexibility index (Phi) is 6.88. The van der Waals surface area contributed by atoms with Gasteiger partial charge in [-0.3, -0.25) is 10.1 Å². The summed E-state index contributed by atoms with van der Waals surface area (Å²) >= 11 is 17.5. The van der Waals surface area contributed by atoms with Crippen molar-refractivity contribution in [2.75, 3.05) is 5.32 Å². The SMILES string of the molecule is CCc1ccc2oc(-c3ccc(NC(=S)NC(=O)c4ccc(-c5cc(Cl)ccc5Cl)o4)cc3O)nc2c1. The van der Waals surface area contributed by atoms with Gasteiger partial charge in [0.05, 0.1) is 10.6 Å². The van der Waals surface area contributed by atoms with E-state index in [-0.39, 0.29) is 16.6 Å². The minimum Gasteiger partial charge on any atom is -0.507 e. The summed E-state index contributed by atoms with van der Waals surface area (Å²) < 4.78 is 11.4. The number of oxazole rings is 1. The van der Waals surface area contributed by atoms with Gasteiger partial charge < -0.3 is 19.3 Å². The van der Waals surface area contributed by atoms with Crippen molar-refractivity contribution in [1.82, 2.24) is 10.3 Å². The van der Waals surface area contributed by atoms with Gasteiger partial charge in [0, 0.05) is 22.3 Å². The number of fused-ring (bicyclic) bond motifs is 1. The van der Waals surface area contributed by atoms with Gasteiger partial charge in [-0.25, -0.2) is 4.98 Å².